The van der Waals surface area contributed by atoms with E-state index in [9.17, 15) is 9.90 Å². The van der Waals surface area contributed by atoms with Crippen molar-refractivity contribution in [2.75, 3.05) is 30.0 Å². The van der Waals surface area contributed by atoms with E-state index in [2.05, 4.69) is 31.1 Å². The van der Waals surface area contributed by atoms with Gasteiger partial charge in [0, 0.05) is 11.9 Å². The van der Waals surface area contributed by atoms with Crippen LogP contribution in [0.25, 0.3) is 0 Å². The van der Waals surface area contributed by atoms with Crippen LogP contribution >= 0.6 is 11.6 Å². The third-order valence-corrected chi connectivity index (χ3v) is 5.54. The van der Waals surface area contributed by atoms with E-state index in [-0.39, 0.29) is 30.6 Å². The number of hydrogen-bond donors (Lipinski definition) is 2. The van der Waals surface area contributed by atoms with Crippen molar-refractivity contribution in [3.8, 4) is 11.5 Å². The molecule has 1 aromatic heterocycles. The van der Waals surface area contributed by atoms with Crippen LogP contribution in [0.2, 0.25) is 5.02 Å². The highest BCUT2D eigenvalue weighted by Gasteiger charge is 2.33. The molecule has 3 aromatic rings. The summed E-state index contributed by atoms with van der Waals surface area (Å²) in [6, 6.07) is 15.6. The Hall–Kier alpha value is -3.29. The van der Waals surface area contributed by atoms with Gasteiger partial charge in [-0.15, -0.1) is 0 Å². The highest BCUT2D eigenvalue weighted by molar-refractivity contribution is 6.33. The number of aromatic nitrogens is 1. The number of fused-ring (bicyclic) bond motifs is 1. The lowest BCUT2D eigenvalue weighted by molar-refractivity contribution is 0.102. The summed E-state index contributed by atoms with van der Waals surface area (Å²) in [6.07, 6.45) is 1.64. The van der Waals surface area contributed by atoms with Gasteiger partial charge >= 0.3 is 0 Å². The highest BCUT2D eigenvalue weighted by atomic mass is 35.5. The number of nitrogens with one attached hydrogen (secondary N) is 1. The van der Waals surface area contributed by atoms with E-state index in [4.69, 9.17) is 21.1 Å². The average molecular weight is 482 g/mol. The van der Waals surface area contributed by atoms with Crippen molar-refractivity contribution >= 4 is 34.7 Å². The normalized spacial score (nSPS) is 15.3. The van der Waals surface area contributed by atoms with Gasteiger partial charge in [-0.25, -0.2) is 4.98 Å². The Morgan fingerprint density at radius 2 is 1.97 bits per heavy atom. The molecule has 0 bridgehead atoms. The van der Waals surface area contributed by atoms with Crippen molar-refractivity contribution in [1.82, 2.24) is 4.98 Å². The maximum Gasteiger partial charge on any atom is 0.259 e. The molecule has 2 heterocycles. The van der Waals surface area contributed by atoms with Crippen molar-refractivity contribution in [3.63, 3.8) is 0 Å². The second kappa shape index (κ2) is 9.91. The first-order valence-electron chi connectivity index (χ1n) is 11.1. The summed E-state index contributed by atoms with van der Waals surface area (Å²) in [5, 5.41) is 13.3. The molecule has 0 fully saturated rings. The zero-order valence-electron chi connectivity index (χ0n) is 19.4. The Kier molecular flexibility index (Phi) is 6.95. The third-order valence-electron chi connectivity index (χ3n) is 5.25. The van der Waals surface area contributed by atoms with E-state index < -0.39 is 0 Å². The molecule has 1 atom stereocenters. The molecule has 2 N–H and O–H groups in total. The predicted molar refractivity (Wildman–Crippen MR) is 134 cm³/mol. The lowest BCUT2D eigenvalue weighted by atomic mass is 9.99. The fourth-order valence-electron chi connectivity index (χ4n) is 3.60. The molecule has 1 aliphatic heterocycles. The molecular weight excluding hydrogens is 454 g/mol. The van der Waals surface area contributed by atoms with E-state index in [0.29, 0.717) is 40.1 Å². The van der Waals surface area contributed by atoms with Crippen LogP contribution in [-0.2, 0) is 0 Å². The van der Waals surface area contributed by atoms with Crippen molar-refractivity contribution < 1.29 is 19.4 Å². The largest absolute Gasteiger partial charge is 0.493 e. The lowest BCUT2D eigenvalue weighted by Gasteiger charge is -2.37. The summed E-state index contributed by atoms with van der Waals surface area (Å²) in [5.74, 6) is 1.34. The summed E-state index contributed by atoms with van der Waals surface area (Å²) in [6.45, 7) is 6.94. The Balaban J connectivity index is 1.58. The summed E-state index contributed by atoms with van der Waals surface area (Å²) < 4.78 is 11.7. The molecule has 0 unspecified atom stereocenters. The van der Waals surface area contributed by atoms with Gasteiger partial charge in [-0.3, -0.25) is 4.79 Å². The number of benzene rings is 2. The Labute approximate surface area is 204 Å². The van der Waals surface area contributed by atoms with Gasteiger partial charge in [-0.2, -0.15) is 0 Å². The van der Waals surface area contributed by atoms with Gasteiger partial charge in [-0.1, -0.05) is 38.4 Å². The Bertz CT molecular complexity index is 1160. The molecule has 0 radical (unpaired) electrons. The van der Waals surface area contributed by atoms with Gasteiger partial charge in [0.15, 0.2) is 11.6 Å². The summed E-state index contributed by atoms with van der Waals surface area (Å²) >= 11 is 6.40. The molecule has 4 rings (SSSR count). The minimum absolute atomic E-state index is 0.0572. The molecule has 1 amide bonds. The first-order chi connectivity index (χ1) is 16.3. The van der Waals surface area contributed by atoms with E-state index in [0.717, 1.165) is 5.75 Å². The molecular formula is C26H28ClN3O4. The number of pyridine rings is 1. The summed E-state index contributed by atoms with van der Waals surface area (Å²) in [7, 11) is 0. The molecule has 0 spiro atoms. The first-order valence-corrected chi connectivity index (χ1v) is 11.5. The number of hydrogen-bond acceptors (Lipinski definition) is 6. The van der Waals surface area contributed by atoms with Crippen LogP contribution in [0.3, 0.4) is 0 Å². The van der Waals surface area contributed by atoms with Gasteiger partial charge < -0.3 is 24.8 Å². The predicted octanol–water partition coefficient (Wildman–Crippen LogP) is 5.30. The van der Waals surface area contributed by atoms with Gasteiger partial charge in [0.05, 0.1) is 35.5 Å². The summed E-state index contributed by atoms with van der Waals surface area (Å²) in [4.78, 5) is 19.4. The lowest BCUT2D eigenvalue weighted by Crippen LogP contribution is -2.43. The fraction of sp³-hybridized carbons (Fsp3) is 0.308. The number of para-hydroxylation sites is 1. The van der Waals surface area contributed by atoms with Crippen LogP contribution in [0.5, 0.6) is 11.5 Å². The third kappa shape index (κ3) is 5.26. The second-order valence-corrected chi connectivity index (χ2v) is 9.72. The number of aliphatic hydroxyl groups is 1. The fourth-order valence-corrected chi connectivity index (χ4v) is 3.82. The van der Waals surface area contributed by atoms with Crippen molar-refractivity contribution in [1.29, 1.82) is 0 Å². The Morgan fingerprint density at radius 3 is 2.65 bits per heavy atom. The quantitative estimate of drug-likeness (QED) is 0.496. The van der Waals surface area contributed by atoms with Crippen LogP contribution in [-0.4, -0.2) is 41.9 Å². The molecule has 8 heteroatoms. The van der Waals surface area contributed by atoms with Gasteiger partial charge in [0.2, 0.25) is 0 Å². The van der Waals surface area contributed by atoms with Crippen LogP contribution in [0.1, 0.15) is 31.1 Å². The SMILES string of the molecule is CC(C)(C)COc1ccc(NC(=O)c2cccc3c2OC[C@H](CO)N3c2ncccc2Cl)cc1. The van der Waals surface area contributed by atoms with Gasteiger partial charge in [-0.05, 0) is 53.9 Å². The Morgan fingerprint density at radius 1 is 1.21 bits per heavy atom. The number of anilines is 3. The maximum atomic E-state index is 13.2. The van der Waals surface area contributed by atoms with Crippen LogP contribution in [0, 0.1) is 5.41 Å². The van der Waals surface area contributed by atoms with Crippen LogP contribution in [0.4, 0.5) is 17.2 Å². The zero-order chi connectivity index (χ0) is 24.3. The smallest absolute Gasteiger partial charge is 0.259 e. The minimum Gasteiger partial charge on any atom is -0.493 e. The standard InChI is InChI=1S/C26H28ClN3O4/c1-26(2,3)16-34-19-11-9-17(10-12-19)29-25(32)20-6-4-8-22-23(20)33-15-18(14-31)30(22)24-21(27)7-5-13-28-24/h4-13,18,31H,14-16H2,1-3H3,(H,29,32)/t18-/m0/s1. The zero-order valence-corrected chi connectivity index (χ0v) is 20.2. The molecule has 0 saturated heterocycles. The molecule has 178 valence electrons. The van der Waals surface area contributed by atoms with Crippen molar-refractivity contribution in [2.24, 2.45) is 5.41 Å². The van der Waals surface area contributed by atoms with E-state index in [1.54, 1.807) is 42.6 Å². The average Bonchev–Trinajstić information content (AvgIpc) is 2.82. The topological polar surface area (TPSA) is 83.9 Å². The van der Waals surface area contributed by atoms with Gasteiger partial charge in [0.25, 0.3) is 5.91 Å². The van der Waals surface area contributed by atoms with E-state index >= 15 is 0 Å². The highest BCUT2D eigenvalue weighted by Crippen LogP contribution is 2.42. The second-order valence-electron chi connectivity index (χ2n) is 9.31. The summed E-state index contributed by atoms with van der Waals surface area (Å²) in [5.41, 5.74) is 1.68. The van der Waals surface area contributed by atoms with Crippen LogP contribution in [0.15, 0.2) is 60.8 Å². The minimum atomic E-state index is -0.390. The number of nitrogens with zero attached hydrogens (tertiary/aromatic N) is 2. The number of ether oxygens (including phenoxy) is 2. The van der Waals surface area contributed by atoms with Gasteiger partial charge in [0.1, 0.15) is 12.4 Å². The molecule has 0 saturated carbocycles. The van der Waals surface area contributed by atoms with Crippen molar-refractivity contribution in [2.45, 2.75) is 26.8 Å². The monoisotopic (exact) mass is 481 g/mol. The molecule has 0 aliphatic carbocycles. The first kappa shape index (κ1) is 23.9. The van der Waals surface area contributed by atoms with Crippen LogP contribution < -0.4 is 19.7 Å². The number of carbonyl (C=O) groups excluding carboxylic acids is 1. The molecule has 2 aromatic carbocycles. The number of rotatable bonds is 6. The maximum absolute atomic E-state index is 13.2. The number of halogens is 1. The molecule has 7 nitrogen and oxygen atoms in total. The number of carbonyl (C=O) groups is 1. The van der Waals surface area contributed by atoms with E-state index in [1.807, 2.05) is 23.1 Å². The number of amides is 1. The number of aliphatic hydroxyl groups excluding tert-OH is 1. The van der Waals surface area contributed by atoms with Crippen molar-refractivity contribution in [3.05, 3.63) is 71.4 Å². The molecule has 34 heavy (non-hydrogen) atoms. The van der Waals surface area contributed by atoms with E-state index in [1.165, 1.54) is 0 Å². The molecule has 1 aliphatic rings.